The second-order valence-electron chi connectivity index (χ2n) is 10.7. The molecule has 1 aliphatic rings. The lowest BCUT2D eigenvalue weighted by molar-refractivity contribution is 0.122. The third kappa shape index (κ3) is 5.80. The van der Waals surface area contributed by atoms with E-state index in [0.29, 0.717) is 71.7 Å². The Morgan fingerprint density at radius 1 is 1.02 bits per heavy atom. The van der Waals surface area contributed by atoms with E-state index in [9.17, 15) is 14.0 Å². The molecule has 0 aliphatic carbocycles. The van der Waals surface area contributed by atoms with Gasteiger partial charge >= 0.3 is 6.03 Å². The highest BCUT2D eigenvalue weighted by Crippen LogP contribution is 2.29. The van der Waals surface area contributed by atoms with Crippen molar-refractivity contribution in [3.05, 3.63) is 58.7 Å². The van der Waals surface area contributed by atoms with Gasteiger partial charge in [-0.25, -0.2) is 24.1 Å². The van der Waals surface area contributed by atoms with Gasteiger partial charge in [-0.1, -0.05) is 26.8 Å². The second kappa shape index (κ2) is 11.1. The number of aryl methyl sites for hydroxylation is 1. The molecular weight excluding hydrogens is 529 g/mol. The number of morpholine rings is 1. The Morgan fingerprint density at radius 3 is 2.46 bits per heavy atom. The van der Waals surface area contributed by atoms with Crippen molar-refractivity contribution in [2.75, 3.05) is 54.2 Å². The molecular formula is C28H32FN9O3. The van der Waals surface area contributed by atoms with Crippen LogP contribution in [0.15, 0.2) is 41.5 Å². The number of hydrogen-bond acceptors (Lipinski definition) is 9. The topological polar surface area (TPSA) is 139 Å². The van der Waals surface area contributed by atoms with Gasteiger partial charge in [-0.05, 0) is 23.8 Å². The van der Waals surface area contributed by atoms with E-state index in [0.717, 1.165) is 0 Å². The number of carbonyl (C=O) groups excluding carboxylic acids is 1. The van der Waals surface area contributed by atoms with Crippen LogP contribution in [-0.4, -0.2) is 63.9 Å². The molecule has 214 valence electrons. The summed E-state index contributed by atoms with van der Waals surface area (Å²) in [5, 5.41) is 8.81. The highest BCUT2D eigenvalue weighted by molar-refractivity contribution is 6.01. The summed E-state index contributed by atoms with van der Waals surface area (Å²) in [4.78, 5) is 46.1. The fourth-order valence-electron chi connectivity index (χ4n) is 4.48. The van der Waals surface area contributed by atoms with Gasteiger partial charge in [0.2, 0.25) is 5.95 Å². The standard InChI is InChI=1S/C28H32FN9O3/c1-28(2,3)25-31-15-21(23(35-25)38-8-10-41-11-9-38)34-27(40)33-20-13-16(6-7-19(20)29)18-12-17-14-32-26(30-4)36-22(17)37(5)24(18)39/h6-7,12-15H,8-11H2,1-5H3,(H,30,32,36)(H2,33,34,40). The van der Waals surface area contributed by atoms with Crippen molar-refractivity contribution in [3.8, 4) is 11.1 Å². The highest BCUT2D eigenvalue weighted by atomic mass is 19.1. The first-order valence-electron chi connectivity index (χ1n) is 13.2. The molecule has 1 fully saturated rings. The average Bonchev–Trinajstić information content (AvgIpc) is 2.96. The normalized spacial score (nSPS) is 13.8. The van der Waals surface area contributed by atoms with E-state index in [1.807, 2.05) is 25.7 Å². The molecule has 1 saturated heterocycles. The molecule has 1 aromatic carbocycles. The van der Waals surface area contributed by atoms with Gasteiger partial charge in [-0.3, -0.25) is 9.36 Å². The SMILES string of the molecule is CNc1ncc2cc(-c3ccc(F)c(NC(=O)Nc4cnc(C(C)(C)C)nc4N4CCOCC4)c3)c(=O)n(C)c2n1. The first-order chi connectivity index (χ1) is 19.5. The number of amides is 2. The van der Waals surface area contributed by atoms with E-state index in [2.05, 4.69) is 30.9 Å². The summed E-state index contributed by atoms with van der Waals surface area (Å²) in [5.74, 6) is 0.931. The van der Waals surface area contributed by atoms with E-state index in [1.54, 1.807) is 32.6 Å². The highest BCUT2D eigenvalue weighted by Gasteiger charge is 2.24. The second-order valence-corrected chi connectivity index (χ2v) is 10.7. The zero-order chi connectivity index (χ0) is 29.3. The summed E-state index contributed by atoms with van der Waals surface area (Å²) in [5.41, 5.74) is 0.855. The number of anilines is 4. The number of rotatable bonds is 5. The Balaban J connectivity index is 1.43. The van der Waals surface area contributed by atoms with Gasteiger partial charge in [0.25, 0.3) is 5.56 Å². The van der Waals surface area contributed by atoms with Crippen LogP contribution in [0, 0.1) is 5.82 Å². The van der Waals surface area contributed by atoms with Gasteiger partial charge in [-0.15, -0.1) is 0 Å². The van der Waals surface area contributed by atoms with Crippen LogP contribution in [0.3, 0.4) is 0 Å². The summed E-state index contributed by atoms with van der Waals surface area (Å²) in [6.45, 7) is 8.32. The Labute approximate surface area is 236 Å². The molecule has 1 aliphatic heterocycles. The maximum atomic E-state index is 14.9. The number of aromatic nitrogens is 5. The Morgan fingerprint density at radius 2 is 1.76 bits per heavy atom. The predicted molar refractivity (Wildman–Crippen MR) is 156 cm³/mol. The number of carbonyl (C=O) groups is 1. The number of halogens is 1. The number of benzene rings is 1. The molecule has 13 heteroatoms. The number of hydrogen-bond donors (Lipinski definition) is 3. The molecule has 3 aromatic heterocycles. The summed E-state index contributed by atoms with van der Waals surface area (Å²) >= 11 is 0. The minimum Gasteiger partial charge on any atom is -0.378 e. The molecule has 0 spiro atoms. The Kier molecular flexibility index (Phi) is 7.54. The van der Waals surface area contributed by atoms with Crippen LogP contribution in [0.5, 0.6) is 0 Å². The zero-order valence-electron chi connectivity index (χ0n) is 23.6. The molecule has 0 bridgehead atoms. The van der Waals surface area contributed by atoms with Crippen molar-refractivity contribution in [1.29, 1.82) is 0 Å². The van der Waals surface area contributed by atoms with E-state index in [-0.39, 0.29) is 16.7 Å². The number of nitrogens with one attached hydrogen (secondary N) is 3. The summed E-state index contributed by atoms with van der Waals surface area (Å²) in [6, 6.07) is 5.08. The van der Waals surface area contributed by atoms with Crippen LogP contribution in [0.2, 0.25) is 0 Å². The summed E-state index contributed by atoms with van der Waals surface area (Å²) in [6.07, 6.45) is 3.16. The van der Waals surface area contributed by atoms with E-state index in [1.165, 1.54) is 22.8 Å². The molecule has 41 heavy (non-hydrogen) atoms. The Hall–Kier alpha value is -4.65. The zero-order valence-corrected chi connectivity index (χ0v) is 23.6. The minimum absolute atomic E-state index is 0.0934. The van der Waals surface area contributed by atoms with Crippen LogP contribution in [0.1, 0.15) is 26.6 Å². The maximum Gasteiger partial charge on any atom is 0.323 e. The predicted octanol–water partition coefficient (Wildman–Crippen LogP) is 3.74. The van der Waals surface area contributed by atoms with Crippen molar-refractivity contribution in [1.82, 2.24) is 24.5 Å². The molecule has 0 radical (unpaired) electrons. The first kappa shape index (κ1) is 27.9. The van der Waals surface area contributed by atoms with Crippen molar-refractivity contribution >= 4 is 40.2 Å². The van der Waals surface area contributed by atoms with Crippen molar-refractivity contribution in [3.63, 3.8) is 0 Å². The molecule has 2 amide bonds. The molecule has 5 rings (SSSR count). The Bertz CT molecular complexity index is 1680. The summed E-state index contributed by atoms with van der Waals surface area (Å²) < 4.78 is 21.7. The fourth-order valence-corrected chi connectivity index (χ4v) is 4.48. The molecule has 4 heterocycles. The van der Waals surface area contributed by atoms with Gasteiger partial charge in [-0.2, -0.15) is 4.98 Å². The van der Waals surface area contributed by atoms with Gasteiger partial charge in [0.05, 0.1) is 25.1 Å². The molecule has 0 saturated carbocycles. The number of fused-ring (bicyclic) bond motifs is 1. The minimum atomic E-state index is -0.679. The van der Waals surface area contributed by atoms with Crippen LogP contribution in [-0.2, 0) is 17.2 Å². The number of nitrogens with zero attached hydrogens (tertiary/aromatic N) is 6. The van der Waals surface area contributed by atoms with Gasteiger partial charge in [0, 0.05) is 49.7 Å². The molecule has 12 nitrogen and oxygen atoms in total. The first-order valence-corrected chi connectivity index (χ1v) is 13.2. The quantitative estimate of drug-likeness (QED) is 0.332. The van der Waals surface area contributed by atoms with Crippen molar-refractivity contribution in [2.24, 2.45) is 7.05 Å². The van der Waals surface area contributed by atoms with Crippen LogP contribution >= 0.6 is 0 Å². The lowest BCUT2D eigenvalue weighted by atomic mass is 9.96. The lowest BCUT2D eigenvalue weighted by Crippen LogP contribution is -2.38. The average molecular weight is 562 g/mol. The van der Waals surface area contributed by atoms with Crippen LogP contribution < -0.4 is 26.4 Å². The van der Waals surface area contributed by atoms with E-state index >= 15 is 0 Å². The maximum absolute atomic E-state index is 14.9. The van der Waals surface area contributed by atoms with E-state index in [4.69, 9.17) is 9.72 Å². The van der Waals surface area contributed by atoms with Gasteiger partial charge in [0.1, 0.15) is 23.0 Å². The molecule has 0 atom stereocenters. The molecule has 4 aromatic rings. The molecule has 0 unspecified atom stereocenters. The largest absolute Gasteiger partial charge is 0.378 e. The van der Waals surface area contributed by atoms with E-state index < -0.39 is 11.8 Å². The molecule has 3 N–H and O–H groups in total. The third-order valence-electron chi connectivity index (χ3n) is 6.70. The monoisotopic (exact) mass is 561 g/mol. The van der Waals surface area contributed by atoms with Gasteiger partial charge in [0.15, 0.2) is 5.82 Å². The smallest absolute Gasteiger partial charge is 0.323 e. The van der Waals surface area contributed by atoms with Crippen LogP contribution in [0.25, 0.3) is 22.2 Å². The van der Waals surface area contributed by atoms with Crippen LogP contribution in [0.4, 0.5) is 32.3 Å². The van der Waals surface area contributed by atoms with Gasteiger partial charge < -0.3 is 25.6 Å². The third-order valence-corrected chi connectivity index (χ3v) is 6.70. The van der Waals surface area contributed by atoms with Crippen molar-refractivity contribution in [2.45, 2.75) is 26.2 Å². The van der Waals surface area contributed by atoms with Crippen molar-refractivity contribution < 1.29 is 13.9 Å². The number of pyridine rings is 1. The summed E-state index contributed by atoms with van der Waals surface area (Å²) in [7, 11) is 3.30. The lowest BCUT2D eigenvalue weighted by Gasteiger charge is -2.30. The number of urea groups is 1. The fraction of sp³-hybridized carbons (Fsp3) is 0.357. The number of ether oxygens (including phenoxy) is 1.